The van der Waals surface area contributed by atoms with Crippen molar-refractivity contribution in [3.05, 3.63) is 0 Å². The molecular weight excluding hydrogens is 327 g/mol. The fourth-order valence-corrected chi connectivity index (χ4v) is 0. The molecule has 0 saturated heterocycles. The second-order valence-electron chi connectivity index (χ2n) is 1.47. The van der Waals surface area contributed by atoms with Crippen LogP contribution in [0.5, 0.6) is 0 Å². The Kier molecular flexibility index (Phi) is 31.3. The first-order valence-electron chi connectivity index (χ1n) is 2.72. The van der Waals surface area contributed by atoms with E-state index in [2.05, 4.69) is 0 Å². The second-order valence-corrected chi connectivity index (χ2v) is 1.47. The Bertz CT molecular complexity index is 115. The van der Waals surface area contributed by atoms with Crippen LogP contribution in [-0.4, -0.2) is 17.9 Å². The summed E-state index contributed by atoms with van der Waals surface area (Å²) in [4.78, 5) is 26.7. The zero-order valence-electron chi connectivity index (χ0n) is 7.28. The van der Waals surface area contributed by atoms with Gasteiger partial charge in [-0.2, -0.15) is 0 Å². The van der Waals surface area contributed by atoms with Gasteiger partial charge in [0.1, 0.15) is 0 Å². The normalized spacial score (nSPS) is 5.77. The van der Waals surface area contributed by atoms with Crippen LogP contribution < -0.4 is 15.3 Å². The standard InChI is InChI=1S/3C2H4O2.Tb/c3*1-2(3)4;/h3*1H3,(H,3,4);/q;;;+3/p-3. The van der Waals surface area contributed by atoms with Crippen molar-refractivity contribution in [2.45, 2.75) is 20.8 Å². The molecule has 0 atom stereocenters. The molecule has 0 N–H and O–H groups in total. The van der Waals surface area contributed by atoms with Gasteiger partial charge in [-0.1, -0.05) is 0 Å². The van der Waals surface area contributed by atoms with Crippen molar-refractivity contribution in [3.8, 4) is 0 Å². The number of hydrogen-bond donors (Lipinski definition) is 0. The van der Waals surface area contributed by atoms with Crippen molar-refractivity contribution >= 4 is 17.9 Å². The average molecular weight is 336 g/mol. The molecule has 0 fully saturated rings. The van der Waals surface area contributed by atoms with Gasteiger partial charge >= 0.3 is 38.6 Å². The maximum atomic E-state index is 8.89. The van der Waals surface area contributed by atoms with Crippen LogP contribution in [0.25, 0.3) is 0 Å². The molecular formula is C6H9O6Tb. The summed E-state index contributed by atoms with van der Waals surface area (Å²) in [7, 11) is 0. The van der Waals surface area contributed by atoms with Gasteiger partial charge in [0, 0.05) is 17.9 Å². The van der Waals surface area contributed by atoms with E-state index in [0.717, 1.165) is 20.8 Å². The van der Waals surface area contributed by atoms with Crippen LogP contribution in [0.15, 0.2) is 0 Å². The van der Waals surface area contributed by atoms with Crippen molar-refractivity contribution in [1.29, 1.82) is 0 Å². The second kappa shape index (κ2) is 17.7. The number of rotatable bonds is 0. The maximum absolute atomic E-state index is 8.89. The van der Waals surface area contributed by atoms with Crippen molar-refractivity contribution < 1.29 is 68.3 Å². The van der Waals surface area contributed by atoms with Crippen molar-refractivity contribution in [2.24, 2.45) is 0 Å². The molecule has 0 aliphatic rings. The molecule has 0 radical (unpaired) electrons. The van der Waals surface area contributed by atoms with Crippen LogP contribution in [0.1, 0.15) is 20.8 Å². The third-order valence-electron chi connectivity index (χ3n) is 0. The zero-order chi connectivity index (χ0) is 10.7. The summed E-state index contributed by atoms with van der Waals surface area (Å²) in [5.74, 6) is -3.25. The number of carboxylic acid groups (broad SMARTS) is 3. The zero-order valence-corrected chi connectivity index (χ0v) is 9.42. The Morgan fingerprint density at radius 1 is 0.692 bits per heavy atom. The number of hydrogen-bond acceptors (Lipinski definition) is 6. The van der Waals surface area contributed by atoms with Gasteiger partial charge in [-0.15, -0.1) is 0 Å². The molecule has 0 rings (SSSR count). The van der Waals surface area contributed by atoms with E-state index in [1.165, 1.54) is 0 Å². The quantitative estimate of drug-likeness (QED) is 0.448. The molecule has 0 unspecified atom stereocenters. The molecule has 13 heavy (non-hydrogen) atoms. The molecule has 0 aliphatic heterocycles. The van der Waals surface area contributed by atoms with E-state index in [1.807, 2.05) is 0 Å². The van der Waals surface area contributed by atoms with Gasteiger partial charge in [-0.25, -0.2) is 0 Å². The minimum Gasteiger partial charge on any atom is -0.550 e. The molecule has 78 valence electrons. The van der Waals surface area contributed by atoms with E-state index in [9.17, 15) is 0 Å². The largest absolute Gasteiger partial charge is 3.00 e. The van der Waals surface area contributed by atoms with E-state index < -0.39 is 17.9 Å². The maximum Gasteiger partial charge on any atom is 3.00 e. The van der Waals surface area contributed by atoms with Gasteiger partial charge in [-0.3, -0.25) is 0 Å². The van der Waals surface area contributed by atoms with Gasteiger partial charge < -0.3 is 29.7 Å². The van der Waals surface area contributed by atoms with Crippen LogP contribution >= 0.6 is 0 Å². The Morgan fingerprint density at radius 3 is 0.692 bits per heavy atom. The van der Waals surface area contributed by atoms with Crippen LogP contribution in [-0.2, 0) is 14.4 Å². The molecule has 6 nitrogen and oxygen atoms in total. The Labute approximate surface area is 106 Å². The van der Waals surface area contributed by atoms with Gasteiger partial charge in [0.05, 0.1) is 0 Å². The van der Waals surface area contributed by atoms with Crippen LogP contribution in [0.4, 0.5) is 0 Å². The third-order valence-corrected chi connectivity index (χ3v) is 0. The predicted octanol–water partition coefficient (Wildman–Crippen LogP) is -3.73. The van der Waals surface area contributed by atoms with E-state index in [0.29, 0.717) is 0 Å². The number of carboxylic acids is 3. The molecule has 0 spiro atoms. The van der Waals surface area contributed by atoms with Gasteiger partial charge in [-0.05, 0) is 20.8 Å². The summed E-state index contributed by atoms with van der Waals surface area (Å²) in [5, 5.41) is 26.7. The summed E-state index contributed by atoms with van der Waals surface area (Å²) in [6.07, 6.45) is 0. The molecule has 7 heteroatoms. The van der Waals surface area contributed by atoms with E-state index in [4.69, 9.17) is 29.7 Å². The average Bonchev–Trinajstić information content (AvgIpc) is 1.54. The molecule has 0 aromatic heterocycles. The minimum absolute atomic E-state index is 0. The minimum atomic E-state index is -1.08. The van der Waals surface area contributed by atoms with E-state index in [-0.39, 0.29) is 38.6 Å². The van der Waals surface area contributed by atoms with Gasteiger partial charge in [0.2, 0.25) is 0 Å². The molecule has 0 aromatic carbocycles. The Morgan fingerprint density at radius 2 is 0.692 bits per heavy atom. The Balaban J connectivity index is -0.0000000450. The molecule has 0 saturated carbocycles. The molecule has 0 aromatic rings. The van der Waals surface area contributed by atoms with E-state index >= 15 is 0 Å². The summed E-state index contributed by atoms with van der Waals surface area (Å²) in [6, 6.07) is 0. The van der Waals surface area contributed by atoms with Crippen LogP contribution in [0.3, 0.4) is 0 Å². The predicted molar refractivity (Wildman–Crippen MR) is 32.0 cm³/mol. The van der Waals surface area contributed by atoms with Gasteiger partial charge in [0.25, 0.3) is 0 Å². The number of aliphatic carboxylic acids is 3. The fraction of sp³-hybridized carbons (Fsp3) is 0.500. The van der Waals surface area contributed by atoms with Crippen LogP contribution in [0, 0.1) is 38.6 Å². The molecule has 0 bridgehead atoms. The topological polar surface area (TPSA) is 120 Å². The van der Waals surface area contributed by atoms with Crippen LogP contribution in [0.2, 0.25) is 0 Å². The van der Waals surface area contributed by atoms with Crippen molar-refractivity contribution in [2.75, 3.05) is 0 Å². The molecule has 0 heterocycles. The third kappa shape index (κ3) is 11900. The smallest absolute Gasteiger partial charge is 0.550 e. The monoisotopic (exact) mass is 336 g/mol. The SMILES string of the molecule is CC(=O)[O-].CC(=O)[O-].CC(=O)[O-].[Tb+3]. The van der Waals surface area contributed by atoms with Gasteiger partial charge in [0.15, 0.2) is 0 Å². The summed E-state index contributed by atoms with van der Waals surface area (Å²) in [6.45, 7) is 2.92. The fourth-order valence-electron chi connectivity index (χ4n) is 0. The summed E-state index contributed by atoms with van der Waals surface area (Å²) in [5.41, 5.74) is 0. The Hall–Kier alpha value is -0.304. The first kappa shape index (κ1) is 23.0. The number of carbonyl (C=O) groups is 3. The summed E-state index contributed by atoms with van der Waals surface area (Å²) >= 11 is 0. The van der Waals surface area contributed by atoms with Crippen molar-refractivity contribution in [1.82, 2.24) is 0 Å². The first-order valence-corrected chi connectivity index (χ1v) is 2.72. The van der Waals surface area contributed by atoms with Crippen molar-refractivity contribution in [3.63, 3.8) is 0 Å². The molecule has 0 amide bonds. The summed E-state index contributed by atoms with van der Waals surface area (Å²) < 4.78 is 0. The van der Waals surface area contributed by atoms with E-state index in [1.54, 1.807) is 0 Å². The number of carbonyl (C=O) groups excluding carboxylic acids is 3. The molecule has 0 aliphatic carbocycles. The first-order chi connectivity index (χ1) is 5.20.